The van der Waals surface area contributed by atoms with Crippen LogP contribution in [0.5, 0.6) is 0 Å². The Balaban J connectivity index is 1.71. The van der Waals surface area contributed by atoms with Gasteiger partial charge in [0.05, 0.1) is 11.4 Å². The minimum absolute atomic E-state index is 0.778. The van der Waals surface area contributed by atoms with Crippen LogP contribution in [0.3, 0.4) is 0 Å². The van der Waals surface area contributed by atoms with Crippen molar-refractivity contribution in [3.8, 4) is 0 Å². The Bertz CT molecular complexity index is 711. The summed E-state index contributed by atoms with van der Waals surface area (Å²) in [6.45, 7) is 0.839. The van der Waals surface area contributed by atoms with Crippen LogP contribution in [0.25, 0.3) is 0 Å². The molecule has 104 valence electrons. The van der Waals surface area contributed by atoms with Gasteiger partial charge in [0.2, 0.25) is 0 Å². The second kappa shape index (κ2) is 5.21. The van der Waals surface area contributed by atoms with E-state index in [1.807, 2.05) is 11.8 Å². The summed E-state index contributed by atoms with van der Waals surface area (Å²) in [4.78, 5) is 4.91. The Labute approximate surface area is 126 Å². The summed E-state index contributed by atoms with van der Waals surface area (Å²) >= 11 is 1.82. The maximum Gasteiger partial charge on any atom is 0.150 e. The van der Waals surface area contributed by atoms with Gasteiger partial charge in [0, 0.05) is 22.8 Å². The Hall–Kier alpha value is -2.34. The molecule has 1 N–H and O–H groups in total. The molecule has 0 amide bonds. The predicted molar refractivity (Wildman–Crippen MR) is 81.9 cm³/mol. The maximum atomic E-state index is 3.96. The molecule has 1 aliphatic rings. The molecule has 1 aliphatic heterocycles. The second-order valence-electron chi connectivity index (χ2n) is 4.79. The van der Waals surface area contributed by atoms with Gasteiger partial charge in [-0.05, 0) is 34.7 Å². The summed E-state index contributed by atoms with van der Waals surface area (Å²) in [5.41, 5.74) is 2.49. The first kappa shape index (κ1) is 12.4. The molecule has 5 nitrogen and oxygen atoms in total. The Morgan fingerprint density at radius 1 is 0.952 bits per heavy atom. The van der Waals surface area contributed by atoms with E-state index in [9.17, 15) is 0 Å². The normalized spacial score (nSPS) is 12.9. The molecule has 0 atom stereocenters. The number of tetrazole rings is 1. The van der Waals surface area contributed by atoms with Gasteiger partial charge in [-0.3, -0.25) is 0 Å². The molecule has 0 radical (unpaired) electrons. The maximum absolute atomic E-state index is 3.96. The van der Waals surface area contributed by atoms with Gasteiger partial charge in [-0.1, -0.05) is 36.0 Å². The molecule has 0 aliphatic carbocycles. The molecular weight excluding hydrogens is 282 g/mol. The number of rotatable bonds is 3. The lowest BCUT2D eigenvalue weighted by Crippen LogP contribution is -2.23. The van der Waals surface area contributed by atoms with Gasteiger partial charge in [-0.15, -0.1) is 5.10 Å². The number of anilines is 2. The number of benzene rings is 2. The molecule has 0 bridgehead atoms. The summed E-state index contributed by atoms with van der Waals surface area (Å²) < 4.78 is 0. The number of hydrogen-bond acceptors (Lipinski definition) is 5. The van der Waals surface area contributed by atoms with Crippen LogP contribution in [-0.2, 0) is 6.42 Å². The third-order valence-corrected chi connectivity index (χ3v) is 4.62. The summed E-state index contributed by atoms with van der Waals surface area (Å²) in [7, 11) is 0. The third-order valence-electron chi connectivity index (χ3n) is 3.49. The van der Waals surface area contributed by atoms with Crippen molar-refractivity contribution in [2.45, 2.75) is 16.2 Å². The number of nitrogens with one attached hydrogen (secondary N) is 1. The lowest BCUT2D eigenvalue weighted by molar-refractivity contribution is 0.833. The quantitative estimate of drug-likeness (QED) is 0.805. The SMILES string of the molecule is c1ccc2c(c1)Sc1ccccc1N2CCc1nnn[nH]1. The number of aromatic amines is 1. The van der Waals surface area contributed by atoms with Crippen LogP contribution in [0.2, 0.25) is 0 Å². The van der Waals surface area contributed by atoms with E-state index >= 15 is 0 Å². The highest BCUT2D eigenvalue weighted by molar-refractivity contribution is 7.99. The molecule has 1 aromatic heterocycles. The van der Waals surface area contributed by atoms with Gasteiger partial charge in [0.15, 0.2) is 0 Å². The predicted octanol–water partition coefficient (Wildman–Crippen LogP) is 3.05. The zero-order chi connectivity index (χ0) is 14.1. The highest BCUT2D eigenvalue weighted by Gasteiger charge is 2.22. The van der Waals surface area contributed by atoms with Crippen molar-refractivity contribution < 1.29 is 0 Å². The van der Waals surface area contributed by atoms with Gasteiger partial charge < -0.3 is 4.90 Å². The Morgan fingerprint density at radius 2 is 1.62 bits per heavy atom. The lowest BCUT2D eigenvalue weighted by atomic mass is 10.2. The van der Waals surface area contributed by atoms with E-state index in [0.29, 0.717) is 0 Å². The van der Waals surface area contributed by atoms with Gasteiger partial charge >= 0.3 is 0 Å². The summed E-state index contributed by atoms with van der Waals surface area (Å²) in [6, 6.07) is 17.0. The third kappa shape index (κ3) is 2.27. The molecule has 2 aromatic carbocycles. The van der Waals surface area contributed by atoms with Crippen molar-refractivity contribution in [2.24, 2.45) is 0 Å². The van der Waals surface area contributed by atoms with Gasteiger partial charge in [0.25, 0.3) is 0 Å². The number of aromatic nitrogens is 4. The first-order chi connectivity index (χ1) is 10.4. The fraction of sp³-hybridized carbons (Fsp3) is 0.133. The largest absolute Gasteiger partial charge is 0.339 e. The zero-order valence-electron chi connectivity index (χ0n) is 11.2. The monoisotopic (exact) mass is 295 g/mol. The van der Waals surface area contributed by atoms with E-state index < -0.39 is 0 Å². The van der Waals surface area contributed by atoms with Gasteiger partial charge in [-0.2, -0.15) is 0 Å². The molecule has 0 unspecified atom stereocenters. The topological polar surface area (TPSA) is 57.7 Å². The molecule has 6 heteroatoms. The van der Waals surface area contributed by atoms with Crippen molar-refractivity contribution >= 4 is 23.1 Å². The average molecular weight is 295 g/mol. The molecule has 0 fully saturated rings. The first-order valence-electron chi connectivity index (χ1n) is 6.78. The van der Waals surface area contributed by atoms with Crippen LogP contribution in [-0.4, -0.2) is 27.2 Å². The van der Waals surface area contributed by atoms with Crippen LogP contribution >= 0.6 is 11.8 Å². The van der Waals surface area contributed by atoms with Crippen molar-refractivity contribution in [1.29, 1.82) is 0 Å². The van der Waals surface area contributed by atoms with E-state index in [1.54, 1.807) is 0 Å². The van der Waals surface area contributed by atoms with Gasteiger partial charge in [-0.25, -0.2) is 5.10 Å². The van der Waals surface area contributed by atoms with Crippen molar-refractivity contribution in [3.63, 3.8) is 0 Å². The lowest BCUT2D eigenvalue weighted by Gasteiger charge is -2.32. The van der Waals surface area contributed by atoms with Crippen LogP contribution < -0.4 is 4.90 Å². The van der Waals surface area contributed by atoms with Gasteiger partial charge in [0.1, 0.15) is 5.82 Å². The summed E-state index contributed by atoms with van der Waals surface area (Å²) in [5.74, 6) is 0.809. The molecule has 0 saturated heterocycles. The Morgan fingerprint density at radius 3 is 2.24 bits per heavy atom. The van der Waals surface area contributed by atoms with Crippen LogP contribution in [0, 0.1) is 0 Å². The summed E-state index contributed by atoms with van der Waals surface area (Å²) in [6.07, 6.45) is 0.778. The number of hydrogen-bond donors (Lipinski definition) is 1. The second-order valence-corrected chi connectivity index (χ2v) is 5.87. The molecular formula is C15H13N5S. The molecule has 3 aromatic rings. The van der Waals surface area contributed by atoms with E-state index in [-0.39, 0.29) is 0 Å². The van der Waals surface area contributed by atoms with Crippen molar-refractivity contribution in [2.75, 3.05) is 11.4 Å². The molecule has 21 heavy (non-hydrogen) atoms. The highest BCUT2D eigenvalue weighted by Crippen LogP contribution is 2.47. The minimum Gasteiger partial charge on any atom is -0.339 e. The smallest absolute Gasteiger partial charge is 0.150 e. The van der Waals surface area contributed by atoms with Crippen molar-refractivity contribution in [3.05, 3.63) is 54.4 Å². The fourth-order valence-corrected chi connectivity index (χ4v) is 3.62. The molecule has 0 spiro atoms. The number of H-pyrrole nitrogens is 1. The number of fused-ring (bicyclic) bond motifs is 2. The minimum atomic E-state index is 0.778. The highest BCUT2D eigenvalue weighted by atomic mass is 32.2. The van der Waals surface area contributed by atoms with Crippen LogP contribution in [0.1, 0.15) is 5.82 Å². The number of nitrogens with zero attached hydrogens (tertiary/aromatic N) is 4. The standard InChI is InChI=1S/C15H13N5S/c1-3-7-13-11(5-1)20(10-9-15-16-18-19-17-15)12-6-2-4-8-14(12)21-13/h1-8H,9-10H2,(H,16,17,18,19). The van der Waals surface area contributed by atoms with Crippen molar-refractivity contribution in [1.82, 2.24) is 20.6 Å². The van der Waals surface area contributed by atoms with E-state index in [2.05, 4.69) is 74.1 Å². The average Bonchev–Trinajstić information content (AvgIpc) is 3.05. The van der Waals surface area contributed by atoms with E-state index in [1.165, 1.54) is 21.2 Å². The Kier molecular flexibility index (Phi) is 3.08. The molecule has 2 heterocycles. The fourth-order valence-electron chi connectivity index (χ4n) is 2.52. The molecule has 4 rings (SSSR count). The van der Waals surface area contributed by atoms with Crippen LogP contribution in [0.15, 0.2) is 58.3 Å². The number of para-hydroxylation sites is 2. The zero-order valence-corrected chi connectivity index (χ0v) is 12.0. The van der Waals surface area contributed by atoms with E-state index in [0.717, 1.165) is 18.8 Å². The molecule has 0 saturated carbocycles. The van der Waals surface area contributed by atoms with E-state index in [4.69, 9.17) is 0 Å². The summed E-state index contributed by atoms with van der Waals surface area (Å²) in [5, 5.41) is 14.0. The first-order valence-corrected chi connectivity index (χ1v) is 7.59. The van der Waals surface area contributed by atoms with Crippen LogP contribution in [0.4, 0.5) is 11.4 Å².